The first kappa shape index (κ1) is 77.0. The van der Waals surface area contributed by atoms with Crippen molar-refractivity contribution in [2.75, 3.05) is 113 Å². The molecule has 0 aliphatic rings. The molecule has 4 rings (SSSR count). The lowest BCUT2D eigenvalue weighted by Gasteiger charge is -2.27. The van der Waals surface area contributed by atoms with Crippen LogP contribution in [0.3, 0.4) is 0 Å². The number of rotatable bonds is 24. The van der Waals surface area contributed by atoms with Crippen LogP contribution in [0.2, 0.25) is 78.6 Å². The summed E-state index contributed by atoms with van der Waals surface area (Å²) in [5, 5.41) is 50.3. The van der Waals surface area contributed by atoms with Gasteiger partial charge in [0, 0.05) is 101 Å². The van der Waals surface area contributed by atoms with E-state index >= 15 is 0 Å². The second-order valence-corrected chi connectivity index (χ2v) is 48.5. The molecular formula is C60H108N12O8Si4. The van der Waals surface area contributed by atoms with Crippen LogP contribution in [-0.2, 0) is 52.4 Å². The van der Waals surface area contributed by atoms with Gasteiger partial charge in [0.15, 0.2) is 0 Å². The van der Waals surface area contributed by atoms with Gasteiger partial charge in [-0.1, -0.05) is 99.3 Å². The number of non-ortho nitro benzene ring substituents is 4. The minimum Gasteiger partial charge on any atom is -0.305 e. The van der Waals surface area contributed by atoms with E-state index < -0.39 is 32.3 Å². The van der Waals surface area contributed by atoms with Gasteiger partial charge >= 0.3 is 0 Å². The topological polar surface area (TPSA) is 198 Å². The molecule has 0 aliphatic carbocycles. The molecule has 84 heavy (non-hydrogen) atoms. The summed E-state index contributed by atoms with van der Waals surface area (Å²) in [4.78, 5) is 60.3. The molecule has 0 saturated heterocycles. The van der Waals surface area contributed by atoms with Crippen molar-refractivity contribution >= 4 is 75.8 Å². The molecule has 24 heteroatoms. The Morgan fingerprint density at radius 2 is 0.345 bits per heavy atom. The summed E-state index contributed by atoms with van der Waals surface area (Å²) < 4.78 is 0. The second-order valence-electron chi connectivity index (χ2n) is 28.5. The third-order valence-corrected chi connectivity index (χ3v) is 21.5. The fourth-order valence-electron chi connectivity index (χ4n) is 11.0. The van der Waals surface area contributed by atoms with Crippen molar-refractivity contribution in [3.63, 3.8) is 0 Å². The first-order valence-corrected chi connectivity index (χ1v) is 42.5. The summed E-state index contributed by atoms with van der Waals surface area (Å²) >= 11 is 0. The zero-order chi connectivity index (χ0) is 65.5. The SMILES string of the molecule is CN(C)Cc1cc([N+](=O)[O-])cc(CN(C)C)c1[Si](C)(C)C.CN(C)Cc1cc([N+](=O)[O-])cc(CN(C)C)c1[Si](C)(C)C.CN(C)Cc1cc([N+](=O)[O-])cc(CN(C)C)c1[Si](C)(C)C.CN(C)Cc1cc([N+](=O)[O-])cc(CN(C)C)c1[Si](C)(C)C. The average Bonchev–Trinajstić information content (AvgIpc) is 3.21. The predicted octanol–water partition coefficient (Wildman–Crippen LogP) is 9.05. The van der Waals surface area contributed by atoms with Crippen LogP contribution in [0.15, 0.2) is 48.5 Å². The Hall–Kier alpha value is -4.97. The lowest BCUT2D eigenvalue weighted by atomic mass is 10.1. The highest BCUT2D eigenvalue weighted by Crippen LogP contribution is 2.26. The van der Waals surface area contributed by atoms with Gasteiger partial charge in [0.1, 0.15) is 0 Å². The van der Waals surface area contributed by atoms with Crippen LogP contribution in [0.5, 0.6) is 0 Å². The summed E-state index contributed by atoms with van der Waals surface area (Å²) in [6.45, 7) is 33.5. The van der Waals surface area contributed by atoms with Crippen molar-refractivity contribution in [2.24, 2.45) is 0 Å². The number of nitrogens with zero attached hydrogens (tertiary/aromatic N) is 12. The van der Waals surface area contributed by atoms with Crippen LogP contribution in [0.1, 0.15) is 44.5 Å². The van der Waals surface area contributed by atoms with Crippen LogP contribution in [-0.4, -0.2) is 204 Å². The normalized spacial score (nSPS) is 12.2. The van der Waals surface area contributed by atoms with Gasteiger partial charge in [0.25, 0.3) is 22.7 Å². The summed E-state index contributed by atoms with van der Waals surface area (Å²) in [7, 11) is 25.6. The lowest BCUT2D eigenvalue weighted by molar-refractivity contribution is -0.385. The van der Waals surface area contributed by atoms with Crippen LogP contribution < -0.4 is 20.7 Å². The Morgan fingerprint density at radius 1 is 0.250 bits per heavy atom. The van der Waals surface area contributed by atoms with E-state index in [0.717, 1.165) is 96.9 Å². The largest absolute Gasteiger partial charge is 0.305 e. The van der Waals surface area contributed by atoms with E-state index in [1.165, 1.54) is 20.7 Å². The molecule has 0 heterocycles. The lowest BCUT2D eigenvalue weighted by Crippen LogP contribution is -2.44. The van der Waals surface area contributed by atoms with Gasteiger partial charge in [0.05, 0.1) is 52.0 Å². The van der Waals surface area contributed by atoms with E-state index in [-0.39, 0.29) is 42.4 Å². The molecule has 0 atom stereocenters. The molecule has 0 aliphatic heterocycles. The zero-order valence-electron chi connectivity index (χ0n) is 56.9. The first-order chi connectivity index (χ1) is 38.1. The summed E-state index contributed by atoms with van der Waals surface area (Å²) in [6, 6.07) is 14.1. The summed E-state index contributed by atoms with van der Waals surface area (Å²) in [5.41, 5.74) is 9.62. The van der Waals surface area contributed by atoms with Crippen LogP contribution >= 0.6 is 0 Å². The first-order valence-electron chi connectivity index (χ1n) is 28.5. The number of benzene rings is 4. The molecule has 472 valence electrons. The monoisotopic (exact) mass is 1240 g/mol. The van der Waals surface area contributed by atoms with E-state index in [1.54, 1.807) is 48.5 Å². The molecule has 4 aromatic rings. The van der Waals surface area contributed by atoms with Crippen LogP contribution in [0, 0.1) is 40.5 Å². The summed E-state index contributed by atoms with van der Waals surface area (Å²) in [5.74, 6) is 0. The van der Waals surface area contributed by atoms with Crippen molar-refractivity contribution < 1.29 is 19.7 Å². The highest BCUT2D eigenvalue weighted by atomic mass is 28.3. The van der Waals surface area contributed by atoms with E-state index in [0.29, 0.717) is 0 Å². The van der Waals surface area contributed by atoms with Gasteiger partial charge in [-0.2, -0.15) is 0 Å². The van der Waals surface area contributed by atoms with Crippen molar-refractivity contribution in [3.05, 3.63) is 133 Å². The minimum atomic E-state index is -1.59. The van der Waals surface area contributed by atoms with Crippen LogP contribution in [0.4, 0.5) is 22.7 Å². The van der Waals surface area contributed by atoms with E-state index in [9.17, 15) is 40.5 Å². The molecule has 0 amide bonds. The molecule has 0 spiro atoms. The molecular weight excluding hydrogens is 1130 g/mol. The summed E-state index contributed by atoms with van der Waals surface area (Å²) in [6.07, 6.45) is 0. The Bertz CT molecular complexity index is 2350. The molecule has 0 saturated carbocycles. The molecule has 0 unspecified atom stereocenters. The average molecular weight is 1240 g/mol. The van der Waals surface area contributed by atoms with Crippen LogP contribution in [0.25, 0.3) is 0 Å². The maximum Gasteiger partial charge on any atom is 0.270 e. The fourth-order valence-corrected chi connectivity index (χ4v) is 19.9. The third-order valence-electron chi connectivity index (χ3n) is 12.9. The minimum absolute atomic E-state index is 0.200. The Morgan fingerprint density at radius 3 is 0.405 bits per heavy atom. The molecule has 0 N–H and O–H groups in total. The maximum atomic E-state index is 11.2. The Balaban J connectivity index is 0.000000560. The van der Waals surface area contributed by atoms with E-state index in [2.05, 4.69) is 118 Å². The van der Waals surface area contributed by atoms with Gasteiger partial charge in [-0.3, -0.25) is 40.5 Å². The van der Waals surface area contributed by atoms with E-state index in [4.69, 9.17) is 0 Å². The highest BCUT2D eigenvalue weighted by Gasteiger charge is 2.31. The zero-order valence-corrected chi connectivity index (χ0v) is 60.9. The Kier molecular flexibility index (Phi) is 30.0. The molecule has 0 fully saturated rings. The van der Waals surface area contributed by atoms with Crippen molar-refractivity contribution in [1.29, 1.82) is 0 Å². The van der Waals surface area contributed by atoms with Gasteiger partial charge < -0.3 is 39.2 Å². The number of hydrogen-bond donors (Lipinski definition) is 0. The molecule has 4 aromatic carbocycles. The molecule has 20 nitrogen and oxygen atoms in total. The number of nitro benzene ring substituents is 4. The molecule has 0 aromatic heterocycles. The van der Waals surface area contributed by atoms with Gasteiger partial charge in [0.2, 0.25) is 0 Å². The quantitative estimate of drug-likeness (QED) is 0.0365. The number of nitro groups is 4. The van der Waals surface area contributed by atoms with Crippen molar-refractivity contribution in [3.8, 4) is 0 Å². The molecule has 0 bridgehead atoms. The number of hydrogen-bond acceptors (Lipinski definition) is 16. The van der Waals surface area contributed by atoms with E-state index in [1.807, 2.05) is 113 Å². The standard InChI is InChI=1S/4C15H27N3O2Si/c4*1-16(2)10-12-8-14(18(19)20)9-13(11-17(3)4)15(12)21(5,6)7/h4*8-9H,10-11H2,1-7H3. The van der Waals surface area contributed by atoms with Gasteiger partial charge in [-0.15, -0.1) is 0 Å². The highest BCUT2D eigenvalue weighted by molar-refractivity contribution is 6.90. The predicted molar refractivity (Wildman–Crippen MR) is 363 cm³/mol. The van der Waals surface area contributed by atoms with Gasteiger partial charge in [-0.25, -0.2) is 0 Å². The third kappa shape index (κ3) is 25.9. The van der Waals surface area contributed by atoms with Crippen molar-refractivity contribution in [1.82, 2.24) is 39.2 Å². The molecule has 0 radical (unpaired) electrons. The Labute approximate surface area is 509 Å². The van der Waals surface area contributed by atoms with Gasteiger partial charge in [-0.05, 0) is 157 Å². The van der Waals surface area contributed by atoms with Crippen molar-refractivity contribution in [2.45, 2.75) is 131 Å². The maximum absolute atomic E-state index is 11.2. The fraction of sp³-hybridized carbons (Fsp3) is 0.600. The second kappa shape index (κ2) is 32.7. The smallest absolute Gasteiger partial charge is 0.270 e.